The van der Waals surface area contributed by atoms with Crippen molar-refractivity contribution in [1.29, 1.82) is 0 Å². The summed E-state index contributed by atoms with van der Waals surface area (Å²) in [6.45, 7) is 4.28. The van der Waals surface area contributed by atoms with Crippen molar-refractivity contribution in [2.75, 3.05) is 6.61 Å². The fourth-order valence-corrected chi connectivity index (χ4v) is 7.92. The Morgan fingerprint density at radius 1 is 0.404 bits per heavy atom. The van der Waals surface area contributed by atoms with E-state index in [2.05, 4.69) is 43.5 Å². The van der Waals surface area contributed by atoms with E-state index in [0.29, 0.717) is 6.42 Å². The fraction of sp³-hybridized carbons (Fsp3) is 0.868. The molecule has 0 saturated carbocycles. The van der Waals surface area contributed by atoms with E-state index in [1.165, 1.54) is 218 Å². The van der Waals surface area contributed by atoms with Crippen molar-refractivity contribution in [3.63, 3.8) is 0 Å². The van der Waals surface area contributed by atoms with Crippen molar-refractivity contribution in [1.82, 2.24) is 5.32 Å². The number of hydrogen-bond donors (Lipinski definition) is 3. The van der Waals surface area contributed by atoms with Gasteiger partial charge in [-0.1, -0.05) is 262 Å². The number of rotatable bonds is 47. The Kier molecular flexibility index (Phi) is 47.8. The molecular weight excluding hydrogens is 699 g/mol. The van der Waals surface area contributed by atoms with Gasteiger partial charge in [-0.15, -0.1) is 0 Å². The van der Waals surface area contributed by atoms with E-state index in [1.807, 2.05) is 6.08 Å². The molecule has 336 valence electrons. The third-order valence-corrected chi connectivity index (χ3v) is 11.9. The number of aliphatic hydroxyl groups is 2. The fourth-order valence-electron chi connectivity index (χ4n) is 7.92. The first-order valence-corrected chi connectivity index (χ1v) is 25.7. The molecule has 0 spiro atoms. The van der Waals surface area contributed by atoms with Gasteiger partial charge in [0.05, 0.1) is 18.8 Å². The van der Waals surface area contributed by atoms with Gasteiger partial charge in [-0.25, -0.2) is 0 Å². The first-order valence-electron chi connectivity index (χ1n) is 25.7. The van der Waals surface area contributed by atoms with Crippen LogP contribution in [-0.4, -0.2) is 34.9 Å². The van der Waals surface area contributed by atoms with E-state index in [-0.39, 0.29) is 12.5 Å². The molecule has 2 unspecified atom stereocenters. The summed E-state index contributed by atoms with van der Waals surface area (Å²) in [7, 11) is 0. The lowest BCUT2D eigenvalue weighted by atomic mass is 10.0. The number of amides is 1. The third kappa shape index (κ3) is 45.5. The summed E-state index contributed by atoms with van der Waals surface area (Å²) in [6.07, 6.45) is 65.9. The van der Waals surface area contributed by atoms with Gasteiger partial charge in [-0.05, 0) is 44.9 Å². The van der Waals surface area contributed by atoms with Crippen LogP contribution < -0.4 is 5.32 Å². The minimum atomic E-state index is -0.867. The van der Waals surface area contributed by atoms with Crippen LogP contribution >= 0.6 is 0 Å². The minimum Gasteiger partial charge on any atom is -0.394 e. The number of allylic oxidation sites excluding steroid dienone is 5. The molecule has 0 aromatic rings. The van der Waals surface area contributed by atoms with Gasteiger partial charge < -0.3 is 15.5 Å². The number of aliphatic hydroxyl groups excluding tert-OH is 2. The second kappa shape index (κ2) is 49.0. The molecule has 0 rings (SSSR count). The minimum absolute atomic E-state index is 0.0746. The van der Waals surface area contributed by atoms with Crippen molar-refractivity contribution in [2.45, 2.75) is 289 Å². The van der Waals surface area contributed by atoms with E-state index in [4.69, 9.17) is 0 Å². The van der Waals surface area contributed by atoms with Gasteiger partial charge in [0.25, 0.3) is 0 Å². The van der Waals surface area contributed by atoms with Crippen LogP contribution in [0, 0.1) is 0 Å². The summed E-state index contributed by atoms with van der Waals surface area (Å²) >= 11 is 0. The lowest BCUT2D eigenvalue weighted by molar-refractivity contribution is -0.123. The molecule has 0 aromatic heterocycles. The quantitative estimate of drug-likeness (QED) is 0.0424. The largest absolute Gasteiger partial charge is 0.394 e. The number of unbranched alkanes of at least 4 members (excludes halogenated alkanes) is 36. The van der Waals surface area contributed by atoms with Crippen molar-refractivity contribution >= 4 is 5.91 Å². The summed E-state index contributed by atoms with van der Waals surface area (Å²) in [5.74, 6) is -0.0746. The maximum atomic E-state index is 12.4. The maximum absolute atomic E-state index is 12.4. The predicted octanol–water partition coefficient (Wildman–Crippen LogP) is 16.5. The Morgan fingerprint density at radius 2 is 0.684 bits per heavy atom. The highest BCUT2D eigenvalue weighted by atomic mass is 16.3. The molecule has 1 amide bonds. The van der Waals surface area contributed by atoms with Crippen LogP contribution in [0.2, 0.25) is 0 Å². The molecular formula is C53H101NO3. The highest BCUT2D eigenvalue weighted by Gasteiger charge is 2.17. The van der Waals surface area contributed by atoms with Gasteiger partial charge in [0.15, 0.2) is 0 Å². The molecule has 4 nitrogen and oxygen atoms in total. The average molecular weight is 800 g/mol. The molecule has 0 bridgehead atoms. The molecule has 57 heavy (non-hydrogen) atoms. The van der Waals surface area contributed by atoms with Crippen LogP contribution in [0.1, 0.15) is 277 Å². The monoisotopic (exact) mass is 800 g/mol. The van der Waals surface area contributed by atoms with Crippen LogP contribution in [0.15, 0.2) is 36.5 Å². The number of nitrogens with one attached hydrogen (secondary N) is 1. The Balaban J connectivity index is 3.42. The van der Waals surface area contributed by atoms with E-state index < -0.39 is 12.1 Å². The van der Waals surface area contributed by atoms with Gasteiger partial charge in [-0.3, -0.25) is 4.79 Å². The SMILES string of the molecule is CCCCC/C=C/CC/C=C/CC/C=C/C(O)C(CO)NC(=O)CCCCCCCCCCCCCCCCCCCCCCCCCCCCCCCCCC. The standard InChI is InChI=1S/C53H101NO3/c1-3-5-7-9-11-13-15-17-18-19-20-21-22-23-24-25-26-27-28-29-30-31-32-33-34-35-37-39-41-43-45-47-49-53(57)54-51(50-55)52(56)48-46-44-42-40-38-36-16-14-12-10-8-6-4-2/h12,14,38,40,46,48,51-52,55-56H,3-11,13,15-37,39,41-45,47,49-50H2,1-2H3,(H,54,57)/b14-12+,40-38+,48-46+. The zero-order valence-corrected chi connectivity index (χ0v) is 38.6. The van der Waals surface area contributed by atoms with Gasteiger partial charge >= 0.3 is 0 Å². The molecule has 0 fully saturated rings. The molecule has 0 saturated heterocycles. The molecule has 4 heteroatoms. The summed E-state index contributed by atoms with van der Waals surface area (Å²) in [4.78, 5) is 12.4. The molecule has 0 aliphatic rings. The van der Waals surface area contributed by atoms with Crippen molar-refractivity contribution in [3.05, 3.63) is 36.5 Å². The second-order valence-corrected chi connectivity index (χ2v) is 17.6. The van der Waals surface area contributed by atoms with Crippen LogP contribution in [0.3, 0.4) is 0 Å². The number of carbonyl (C=O) groups excluding carboxylic acids is 1. The van der Waals surface area contributed by atoms with Crippen LogP contribution in [0.4, 0.5) is 0 Å². The summed E-state index contributed by atoms with van der Waals surface area (Å²) < 4.78 is 0. The molecule has 0 heterocycles. The number of carbonyl (C=O) groups is 1. The van der Waals surface area contributed by atoms with Gasteiger partial charge in [0.1, 0.15) is 0 Å². The highest BCUT2D eigenvalue weighted by molar-refractivity contribution is 5.76. The Bertz CT molecular complexity index is 866. The summed E-state index contributed by atoms with van der Waals surface area (Å²) in [5.41, 5.74) is 0. The lowest BCUT2D eigenvalue weighted by Crippen LogP contribution is -2.45. The smallest absolute Gasteiger partial charge is 0.220 e. The maximum Gasteiger partial charge on any atom is 0.220 e. The Hall–Kier alpha value is -1.39. The molecule has 0 radical (unpaired) electrons. The van der Waals surface area contributed by atoms with Crippen LogP contribution in [0.25, 0.3) is 0 Å². The zero-order chi connectivity index (χ0) is 41.4. The molecule has 0 aliphatic heterocycles. The highest BCUT2D eigenvalue weighted by Crippen LogP contribution is 2.17. The topological polar surface area (TPSA) is 69.6 Å². The number of hydrogen-bond acceptors (Lipinski definition) is 3. The Morgan fingerprint density at radius 3 is 1.02 bits per heavy atom. The van der Waals surface area contributed by atoms with Crippen molar-refractivity contribution in [3.8, 4) is 0 Å². The normalized spacial score (nSPS) is 13.1. The zero-order valence-electron chi connectivity index (χ0n) is 38.6. The molecule has 3 N–H and O–H groups in total. The van der Waals surface area contributed by atoms with Crippen LogP contribution in [-0.2, 0) is 4.79 Å². The first kappa shape index (κ1) is 55.6. The van der Waals surface area contributed by atoms with E-state index in [0.717, 1.165) is 38.5 Å². The first-order chi connectivity index (χ1) is 28.2. The summed E-state index contributed by atoms with van der Waals surface area (Å²) in [6, 6.07) is -0.642. The second-order valence-electron chi connectivity index (χ2n) is 17.6. The van der Waals surface area contributed by atoms with E-state index >= 15 is 0 Å². The predicted molar refractivity (Wildman–Crippen MR) is 253 cm³/mol. The Labute approximate surface area is 357 Å². The third-order valence-electron chi connectivity index (χ3n) is 11.9. The summed E-state index contributed by atoms with van der Waals surface area (Å²) in [5, 5.41) is 23.0. The molecule has 2 atom stereocenters. The van der Waals surface area contributed by atoms with E-state index in [9.17, 15) is 15.0 Å². The van der Waals surface area contributed by atoms with Gasteiger partial charge in [-0.2, -0.15) is 0 Å². The molecule has 0 aliphatic carbocycles. The lowest BCUT2D eigenvalue weighted by Gasteiger charge is -2.19. The van der Waals surface area contributed by atoms with Crippen molar-refractivity contribution in [2.24, 2.45) is 0 Å². The average Bonchev–Trinajstić information content (AvgIpc) is 3.22. The van der Waals surface area contributed by atoms with Crippen LogP contribution in [0.5, 0.6) is 0 Å². The van der Waals surface area contributed by atoms with Gasteiger partial charge in [0.2, 0.25) is 5.91 Å². The molecule has 0 aromatic carbocycles. The van der Waals surface area contributed by atoms with Gasteiger partial charge in [0, 0.05) is 6.42 Å². The van der Waals surface area contributed by atoms with E-state index in [1.54, 1.807) is 6.08 Å². The van der Waals surface area contributed by atoms with Crippen molar-refractivity contribution < 1.29 is 15.0 Å².